The fourth-order valence-electron chi connectivity index (χ4n) is 2.22. The Labute approximate surface area is 72.6 Å². The van der Waals surface area contributed by atoms with Crippen molar-refractivity contribution in [2.45, 2.75) is 27.7 Å². The lowest BCUT2D eigenvalue weighted by Gasteiger charge is -2.11. The van der Waals surface area contributed by atoms with Crippen LogP contribution in [0.15, 0.2) is 11.3 Å². The highest BCUT2D eigenvalue weighted by atomic mass is 16.5. The van der Waals surface area contributed by atoms with Crippen molar-refractivity contribution in [1.82, 2.24) is 0 Å². The molecule has 0 unspecified atom stereocenters. The molecule has 0 amide bonds. The number of allylic oxidation sites excluding steroid dienone is 2. The van der Waals surface area contributed by atoms with Gasteiger partial charge in [-0.05, 0) is 24.8 Å². The molecule has 0 radical (unpaired) electrons. The molecule has 1 aliphatic carbocycles. The van der Waals surface area contributed by atoms with E-state index in [2.05, 4.69) is 13.8 Å². The highest BCUT2D eigenvalue weighted by Gasteiger charge is 2.69. The predicted octanol–water partition coefficient (Wildman–Crippen LogP) is 2.11. The maximum Gasteiger partial charge on any atom is 0.315 e. The maximum absolute atomic E-state index is 11.3. The van der Waals surface area contributed by atoms with Crippen molar-refractivity contribution in [3.8, 4) is 0 Å². The third kappa shape index (κ3) is 0.728. The van der Waals surface area contributed by atoms with E-state index >= 15 is 0 Å². The number of rotatable bonds is 0. The SMILES string of the molecule is CC(C)=C1OC(=O)[C@@H]2[C@H]1C2(C)C. The molecule has 1 aliphatic heterocycles. The van der Waals surface area contributed by atoms with Gasteiger partial charge in [-0.25, -0.2) is 0 Å². The van der Waals surface area contributed by atoms with Crippen molar-refractivity contribution >= 4 is 5.97 Å². The van der Waals surface area contributed by atoms with E-state index in [4.69, 9.17) is 4.74 Å². The Morgan fingerprint density at radius 1 is 1.33 bits per heavy atom. The normalized spacial score (nSPS) is 36.0. The van der Waals surface area contributed by atoms with Gasteiger partial charge in [0.15, 0.2) is 0 Å². The van der Waals surface area contributed by atoms with Crippen LogP contribution in [0.4, 0.5) is 0 Å². The smallest absolute Gasteiger partial charge is 0.315 e. The zero-order valence-electron chi connectivity index (χ0n) is 7.97. The average Bonchev–Trinajstić information content (AvgIpc) is 2.37. The Balaban J connectivity index is 2.37. The largest absolute Gasteiger partial charge is 0.431 e. The molecule has 2 atom stereocenters. The zero-order chi connectivity index (χ0) is 9.09. The predicted molar refractivity (Wildman–Crippen MR) is 45.2 cm³/mol. The van der Waals surface area contributed by atoms with Crippen LogP contribution in [-0.2, 0) is 9.53 Å². The van der Waals surface area contributed by atoms with E-state index in [0.717, 1.165) is 11.3 Å². The molecular weight excluding hydrogens is 152 g/mol. The Kier molecular flexibility index (Phi) is 1.26. The lowest BCUT2D eigenvalue weighted by Crippen LogP contribution is -2.09. The summed E-state index contributed by atoms with van der Waals surface area (Å²) in [5.41, 5.74) is 1.29. The van der Waals surface area contributed by atoms with E-state index in [0.29, 0.717) is 5.92 Å². The number of carbonyl (C=O) groups is 1. The standard InChI is InChI=1S/C10H14O2/c1-5(2)8-6-7(9(11)12-8)10(6,3)4/h6-7H,1-4H3/t6-,7+/m1/s1. The fraction of sp³-hybridized carbons (Fsp3) is 0.700. The van der Waals surface area contributed by atoms with E-state index in [-0.39, 0.29) is 17.3 Å². The molecule has 12 heavy (non-hydrogen) atoms. The molecule has 2 fully saturated rings. The van der Waals surface area contributed by atoms with E-state index in [1.807, 2.05) is 13.8 Å². The van der Waals surface area contributed by atoms with Crippen LogP contribution < -0.4 is 0 Å². The van der Waals surface area contributed by atoms with Gasteiger partial charge in [-0.1, -0.05) is 13.8 Å². The monoisotopic (exact) mass is 166 g/mol. The third-order valence-corrected chi connectivity index (χ3v) is 3.07. The lowest BCUT2D eigenvalue weighted by molar-refractivity contribution is -0.139. The van der Waals surface area contributed by atoms with E-state index in [1.54, 1.807) is 0 Å². The molecule has 2 nitrogen and oxygen atoms in total. The molecule has 0 N–H and O–H groups in total. The number of hydrogen-bond donors (Lipinski definition) is 0. The quantitative estimate of drug-likeness (QED) is 0.515. The molecule has 2 heteroatoms. The second-order valence-electron chi connectivity index (χ2n) is 4.56. The van der Waals surface area contributed by atoms with Gasteiger partial charge in [-0.3, -0.25) is 4.79 Å². The fourth-order valence-corrected chi connectivity index (χ4v) is 2.22. The summed E-state index contributed by atoms with van der Waals surface area (Å²) in [4.78, 5) is 11.3. The minimum absolute atomic E-state index is 0.0267. The number of cyclic esters (lactones) is 1. The van der Waals surface area contributed by atoms with Crippen molar-refractivity contribution in [2.24, 2.45) is 17.3 Å². The summed E-state index contributed by atoms with van der Waals surface area (Å²) in [6.45, 7) is 8.26. The molecule has 1 saturated carbocycles. The van der Waals surface area contributed by atoms with Crippen LogP contribution in [0.25, 0.3) is 0 Å². The molecular formula is C10H14O2. The summed E-state index contributed by atoms with van der Waals surface area (Å²) in [6, 6.07) is 0. The molecule has 0 aromatic heterocycles. The van der Waals surface area contributed by atoms with Gasteiger partial charge in [0.05, 0.1) is 5.92 Å². The second-order valence-corrected chi connectivity index (χ2v) is 4.56. The van der Waals surface area contributed by atoms with Crippen LogP contribution in [0.5, 0.6) is 0 Å². The summed E-state index contributed by atoms with van der Waals surface area (Å²) >= 11 is 0. The maximum atomic E-state index is 11.3. The highest BCUT2D eigenvalue weighted by molar-refractivity contribution is 5.83. The Morgan fingerprint density at radius 3 is 2.17 bits per heavy atom. The summed E-state index contributed by atoms with van der Waals surface area (Å²) in [7, 11) is 0. The van der Waals surface area contributed by atoms with Crippen LogP contribution in [0.1, 0.15) is 27.7 Å². The first kappa shape index (κ1) is 7.84. The van der Waals surface area contributed by atoms with Gasteiger partial charge >= 0.3 is 5.97 Å². The van der Waals surface area contributed by atoms with Gasteiger partial charge in [-0.2, -0.15) is 0 Å². The van der Waals surface area contributed by atoms with Crippen LogP contribution in [0.3, 0.4) is 0 Å². The van der Waals surface area contributed by atoms with Crippen LogP contribution >= 0.6 is 0 Å². The van der Waals surface area contributed by atoms with Crippen LogP contribution in [0.2, 0.25) is 0 Å². The van der Waals surface area contributed by atoms with Crippen molar-refractivity contribution in [1.29, 1.82) is 0 Å². The summed E-state index contributed by atoms with van der Waals surface area (Å²) < 4.78 is 5.16. The number of fused-ring (bicyclic) bond motifs is 1. The van der Waals surface area contributed by atoms with Gasteiger partial charge in [0.25, 0.3) is 0 Å². The Morgan fingerprint density at radius 2 is 1.92 bits per heavy atom. The topological polar surface area (TPSA) is 26.3 Å². The van der Waals surface area contributed by atoms with Crippen LogP contribution in [-0.4, -0.2) is 5.97 Å². The van der Waals surface area contributed by atoms with E-state index in [1.165, 1.54) is 0 Å². The molecule has 0 aromatic carbocycles. The highest BCUT2D eigenvalue weighted by Crippen LogP contribution is 2.66. The number of esters is 1. The van der Waals surface area contributed by atoms with Gasteiger partial charge in [0.2, 0.25) is 0 Å². The van der Waals surface area contributed by atoms with Crippen molar-refractivity contribution in [3.63, 3.8) is 0 Å². The molecule has 2 rings (SSSR count). The summed E-state index contributed by atoms with van der Waals surface area (Å²) in [6.07, 6.45) is 0. The molecule has 0 bridgehead atoms. The molecule has 66 valence electrons. The molecule has 2 aliphatic rings. The minimum atomic E-state index is -0.0267. The van der Waals surface area contributed by atoms with E-state index < -0.39 is 0 Å². The second kappa shape index (κ2) is 1.93. The molecule has 0 spiro atoms. The Bertz CT molecular complexity index is 282. The summed E-state index contributed by atoms with van der Waals surface area (Å²) in [5, 5.41) is 0. The number of hydrogen-bond acceptors (Lipinski definition) is 2. The zero-order valence-corrected chi connectivity index (χ0v) is 7.97. The first-order valence-corrected chi connectivity index (χ1v) is 4.35. The first-order chi connectivity index (χ1) is 5.46. The van der Waals surface area contributed by atoms with Gasteiger partial charge in [-0.15, -0.1) is 0 Å². The van der Waals surface area contributed by atoms with Gasteiger partial charge < -0.3 is 4.74 Å². The Hall–Kier alpha value is -0.790. The first-order valence-electron chi connectivity index (χ1n) is 4.35. The molecule has 0 aromatic rings. The molecule has 1 heterocycles. The number of carbonyl (C=O) groups excluding carboxylic acids is 1. The van der Waals surface area contributed by atoms with Crippen molar-refractivity contribution in [2.75, 3.05) is 0 Å². The number of ether oxygens (including phenoxy) is 1. The third-order valence-electron chi connectivity index (χ3n) is 3.07. The summed E-state index contributed by atoms with van der Waals surface area (Å²) in [5.74, 6) is 1.41. The minimum Gasteiger partial charge on any atom is -0.431 e. The lowest BCUT2D eigenvalue weighted by atomic mass is 10.1. The van der Waals surface area contributed by atoms with E-state index in [9.17, 15) is 4.79 Å². The van der Waals surface area contributed by atoms with Crippen LogP contribution in [0, 0.1) is 17.3 Å². The van der Waals surface area contributed by atoms with Crippen molar-refractivity contribution < 1.29 is 9.53 Å². The van der Waals surface area contributed by atoms with Crippen molar-refractivity contribution in [3.05, 3.63) is 11.3 Å². The average molecular weight is 166 g/mol. The molecule has 1 saturated heterocycles. The van der Waals surface area contributed by atoms with Gasteiger partial charge in [0, 0.05) is 5.92 Å². The van der Waals surface area contributed by atoms with Gasteiger partial charge in [0.1, 0.15) is 5.76 Å².